The molecule has 1 saturated heterocycles. The number of carbonyl (C=O) groups excluding carboxylic acids is 1. The number of halogens is 3. The van der Waals surface area contributed by atoms with Gasteiger partial charge in [-0.2, -0.15) is 0 Å². The van der Waals surface area contributed by atoms with Crippen LogP contribution in [0.2, 0.25) is 0 Å². The monoisotopic (exact) mass is 358 g/mol. The quantitative estimate of drug-likeness (QED) is 0.845. The van der Waals surface area contributed by atoms with Crippen LogP contribution in [0.1, 0.15) is 31.7 Å². The fourth-order valence-corrected chi connectivity index (χ4v) is 3.16. The van der Waals surface area contributed by atoms with Gasteiger partial charge in [-0.1, -0.05) is 25.1 Å². The molecule has 25 heavy (non-hydrogen) atoms. The first kappa shape index (κ1) is 19.6. The van der Waals surface area contributed by atoms with E-state index in [0.717, 1.165) is 25.9 Å². The summed E-state index contributed by atoms with van der Waals surface area (Å²) in [5, 5.41) is 3.34. The Morgan fingerprint density at radius 1 is 1.40 bits per heavy atom. The van der Waals surface area contributed by atoms with Gasteiger partial charge < -0.3 is 15.0 Å². The highest BCUT2D eigenvalue weighted by atomic mass is 19.4. The number of hydrogen-bond acceptors (Lipinski definition) is 3. The number of alkyl halides is 3. The summed E-state index contributed by atoms with van der Waals surface area (Å²) in [6.45, 7) is 4.08. The van der Waals surface area contributed by atoms with Gasteiger partial charge in [-0.15, -0.1) is 13.2 Å². The van der Waals surface area contributed by atoms with Crippen LogP contribution in [0.3, 0.4) is 0 Å². The molecule has 0 saturated carbocycles. The van der Waals surface area contributed by atoms with E-state index in [9.17, 15) is 18.0 Å². The molecule has 0 aliphatic carbocycles. The van der Waals surface area contributed by atoms with E-state index < -0.39 is 6.36 Å². The molecule has 2 rings (SSSR count). The molecule has 1 fully saturated rings. The number of benzene rings is 1. The van der Waals surface area contributed by atoms with Crippen molar-refractivity contribution in [2.24, 2.45) is 11.8 Å². The molecule has 140 valence electrons. The molecule has 1 heterocycles. The van der Waals surface area contributed by atoms with E-state index in [1.165, 1.54) is 17.0 Å². The maximum absolute atomic E-state index is 12.5. The van der Waals surface area contributed by atoms with Crippen LogP contribution in [0.25, 0.3) is 0 Å². The second kappa shape index (κ2) is 8.56. The summed E-state index contributed by atoms with van der Waals surface area (Å²) in [6.07, 6.45) is -2.14. The first-order valence-electron chi connectivity index (χ1n) is 8.54. The molecule has 0 radical (unpaired) electrons. The van der Waals surface area contributed by atoms with Crippen molar-refractivity contribution >= 4 is 5.91 Å². The van der Waals surface area contributed by atoms with Crippen molar-refractivity contribution in [3.8, 4) is 5.75 Å². The zero-order chi connectivity index (χ0) is 18.4. The average molecular weight is 358 g/mol. The minimum absolute atomic E-state index is 0.0696. The van der Waals surface area contributed by atoms with Crippen LogP contribution in [0.4, 0.5) is 13.2 Å². The third kappa shape index (κ3) is 6.23. The number of carbonyl (C=O) groups is 1. The third-order valence-corrected chi connectivity index (χ3v) is 4.67. The molecular formula is C18H25F3N2O2. The molecule has 0 spiro atoms. The predicted molar refractivity (Wildman–Crippen MR) is 89.0 cm³/mol. The summed E-state index contributed by atoms with van der Waals surface area (Å²) in [4.78, 5) is 13.9. The highest BCUT2D eigenvalue weighted by Gasteiger charge is 2.32. The molecule has 1 N–H and O–H groups in total. The summed E-state index contributed by atoms with van der Waals surface area (Å²) in [5.41, 5.74) is 0.336. The third-order valence-electron chi connectivity index (χ3n) is 4.67. The topological polar surface area (TPSA) is 41.6 Å². The first-order chi connectivity index (χ1) is 11.8. The Morgan fingerprint density at radius 2 is 2.12 bits per heavy atom. The minimum atomic E-state index is -4.75. The standard InChI is InChI=1S/C18H25F3N2O2/c1-13(14-7-5-9-22-11-14)10-17(24)23(2)12-15-6-3-4-8-16(15)25-18(19,20)21/h3-4,6,8,13-14,22H,5,7,9-12H2,1-2H3. The molecule has 0 aromatic heterocycles. The zero-order valence-electron chi connectivity index (χ0n) is 14.6. The van der Waals surface area contributed by atoms with E-state index in [-0.39, 0.29) is 24.1 Å². The number of piperidine rings is 1. The Hall–Kier alpha value is -1.76. The number of hydrogen-bond donors (Lipinski definition) is 1. The van der Waals surface area contributed by atoms with Gasteiger partial charge in [-0.25, -0.2) is 0 Å². The van der Waals surface area contributed by atoms with Gasteiger partial charge in [0, 0.05) is 25.6 Å². The van der Waals surface area contributed by atoms with Crippen molar-refractivity contribution in [2.45, 2.75) is 39.1 Å². The van der Waals surface area contributed by atoms with Gasteiger partial charge in [0.15, 0.2) is 0 Å². The summed E-state index contributed by atoms with van der Waals surface area (Å²) >= 11 is 0. The number of nitrogens with one attached hydrogen (secondary N) is 1. The molecular weight excluding hydrogens is 333 g/mol. The fourth-order valence-electron chi connectivity index (χ4n) is 3.16. The smallest absolute Gasteiger partial charge is 0.405 e. The van der Waals surface area contributed by atoms with Crippen LogP contribution in [0.5, 0.6) is 5.75 Å². The second-order valence-electron chi connectivity index (χ2n) is 6.69. The highest BCUT2D eigenvalue weighted by Crippen LogP contribution is 2.28. The van der Waals surface area contributed by atoms with Gasteiger partial charge in [0.2, 0.25) is 5.91 Å². The number of ether oxygens (including phenoxy) is 1. The molecule has 1 aliphatic rings. The predicted octanol–water partition coefficient (Wildman–Crippen LogP) is 3.57. The molecule has 1 aromatic rings. The van der Waals surface area contributed by atoms with Crippen molar-refractivity contribution in [3.63, 3.8) is 0 Å². The largest absolute Gasteiger partial charge is 0.573 e. The van der Waals surface area contributed by atoms with Gasteiger partial charge in [-0.05, 0) is 43.8 Å². The Bertz CT molecular complexity index is 572. The molecule has 0 bridgehead atoms. The second-order valence-corrected chi connectivity index (χ2v) is 6.69. The van der Waals surface area contributed by atoms with Gasteiger partial charge in [0.05, 0.1) is 0 Å². The Balaban J connectivity index is 1.94. The van der Waals surface area contributed by atoms with E-state index >= 15 is 0 Å². The zero-order valence-corrected chi connectivity index (χ0v) is 14.6. The van der Waals surface area contributed by atoms with Gasteiger partial charge in [0.25, 0.3) is 0 Å². The number of nitrogens with zero attached hydrogens (tertiary/aromatic N) is 1. The lowest BCUT2D eigenvalue weighted by molar-refractivity contribution is -0.275. The van der Waals surface area contributed by atoms with E-state index in [4.69, 9.17) is 0 Å². The Morgan fingerprint density at radius 3 is 2.76 bits per heavy atom. The van der Waals surface area contributed by atoms with Crippen molar-refractivity contribution in [1.29, 1.82) is 0 Å². The lowest BCUT2D eigenvalue weighted by Gasteiger charge is -2.29. The van der Waals surface area contributed by atoms with Crippen LogP contribution >= 0.6 is 0 Å². The number of rotatable bonds is 6. The molecule has 2 unspecified atom stereocenters. The molecule has 1 aliphatic heterocycles. The summed E-state index contributed by atoms with van der Waals surface area (Å²) in [7, 11) is 1.61. The van der Waals surface area contributed by atoms with Crippen LogP contribution < -0.4 is 10.1 Å². The summed E-state index contributed by atoms with van der Waals surface area (Å²) in [5.74, 6) is 0.371. The number of para-hydroxylation sites is 1. The number of amides is 1. The molecule has 1 aromatic carbocycles. The van der Waals surface area contributed by atoms with E-state index in [0.29, 0.717) is 17.9 Å². The Labute approximate surface area is 146 Å². The van der Waals surface area contributed by atoms with Crippen LogP contribution in [-0.2, 0) is 11.3 Å². The van der Waals surface area contributed by atoms with Crippen LogP contribution in [0.15, 0.2) is 24.3 Å². The Kier molecular flexibility index (Phi) is 6.70. The lowest BCUT2D eigenvalue weighted by atomic mass is 9.85. The first-order valence-corrected chi connectivity index (χ1v) is 8.54. The molecule has 7 heteroatoms. The molecule has 2 atom stereocenters. The van der Waals surface area contributed by atoms with Crippen molar-refractivity contribution < 1.29 is 22.7 Å². The summed E-state index contributed by atoms with van der Waals surface area (Å²) < 4.78 is 41.5. The average Bonchev–Trinajstić information content (AvgIpc) is 2.56. The van der Waals surface area contributed by atoms with E-state index in [1.54, 1.807) is 19.2 Å². The lowest BCUT2D eigenvalue weighted by Crippen LogP contribution is -2.36. The normalized spacial score (nSPS) is 19.3. The maximum Gasteiger partial charge on any atom is 0.573 e. The van der Waals surface area contributed by atoms with Crippen molar-refractivity contribution in [2.75, 3.05) is 20.1 Å². The minimum Gasteiger partial charge on any atom is -0.405 e. The molecule has 1 amide bonds. The van der Waals surface area contributed by atoms with Crippen LogP contribution in [0, 0.1) is 11.8 Å². The van der Waals surface area contributed by atoms with E-state index in [1.807, 2.05) is 0 Å². The van der Waals surface area contributed by atoms with Gasteiger partial charge in [0.1, 0.15) is 5.75 Å². The van der Waals surface area contributed by atoms with Gasteiger partial charge >= 0.3 is 6.36 Å². The van der Waals surface area contributed by atoms with Crippen molar-refractivity contribution in [3.05, 3.63) is 29.8 Å². The van der Waals surface area contributed by atoms with E-state index in [2.05, 4.69) is 17.0 Å². The summed E-state index contributed by atoms with van der Waals surface area (Å²) in [6, 6.07) is 5.91. The van der Waals surface area contributed by atoms with Gasteiger partial charge in [-0.3, -0.25) is 4.79 Å². The molecule has 4 nitrogen and oxygen atoms in total. The highest BCUT2D eigenvalue weighted by molar-refractivity contribution is 5.76. The maximum atomic E-state index is 12.5. The fraction of sp³-hybridized carbons (Fsp3) is 0.611. The van der Waals surface area contributed by atoms with Crippen molar-refractivity contribution in [1.82, 2.24) is 10.2 Å². The SMILES string of the molecule is CC(CC(=O)N(C)Cc1ccccc1OC(F)(F)F)C1CCCNC1. The van der Waals surface area contributed by atoms with Crippen LogP contribution in [-0.4, -0.2) is 37.3 Å².